The molecule has 4 unspecified atom stereocenters. The average molecular weight is 294 g/mol. The maximum atomic E-state index is 12.3. The topological polar surface area (TPSA) is 41.6 Å². The highest BCUT2D eigenvalue weighted by atomic mass is 16.6. The van der Waals surface area contributed by atoms with Crippen LogP contribution in [0.15, 0.2) is 0 Å². The third kappa shape index (κ3) is 3.53. The SMILES string of the molecule is CC(C)(C)OC(=O)N1CCCC(C2CCC3CCC2N3)C1. The van der Waals surface area contributed by atoms with E-state index in [0.717, 1.165) is 31.5 Å². The molecule has 0 spiro atoms. The molecule has 4 heteroatoms. The summed E-state index contributed by atoms with van der Waals surface area (Å²) in [5, 5.41) is 3.79. The molecule has 0 saturated carbocycles. The molecule has 2 bridgehead atoms. The molecule has 3 rings (SSSR count). The summed E-state index contributed by atoms with van der Waals surface area (Å²) in [7, 11) is 0. The number of fused-ring (bicyclic) bond motifs is 2. The highest BCUT2D eigenvalue weighted by molar-refractivity contribution is 5.68. The van der Waals surface area contributed by atoms with Crippen molar-refractivity contribution >= 4 is 6.09 Å². The first kappa shape index (κ1) is 15.1. The fourth-order valence-electron chi connectivity index (χ4n) is 4.43. The Kier molecular flexibility index (Phi) is 4.17. The molecule has 3 heterocycles. The highest BCUT2D eigenvalue weighted by Crippen LogP contribution is 2.38. The van der Waals surface area contributed by atoms with Crippen LogP contribution in [0.5, 0.6) is 0 Å². The van der Waals surface area contributed by atoms with Crippen molar-refractivity contribution in [1.29, 1.82) is 0 Å². The number of rotatable bonds is 1. The van der Waals surface area contributed by atoms with Gasteiger partial charge in [0.15, 0.2) is 0 Å². The van der Waals surface area contributed by atoms with Crippen LogP contribution in [0.4, 0.5) is 4.79 Å². The molecule has 1 amide bonds. The van der Waals surface area contributed by atoms with E-state index in [9.17, 15) is 4.79 Å². The van der Waals surface area contributed by atoms with Crippen molar-refractivity contribution in [3.05, 3.63) is 0 Å². The van der Waals surface area contributed by atoms with Crippen LogP contribution in [-0.2, 0) is 4.74 Å². The van der Waals surface area contributed by atoms with E-state index in [0.29, 0.717) is 12.0 Å². The van der Waals surface area contributed by atoms with E-state index in [1.807, 2.05) is 25.7 Å². The molecule has 3 fully saturated rings. The maximum Gasteiger partial charge on any atom is 0.410 e. The van der Waals surface area contributed by atoms with Gasteiger partial charge in [-0.05, 0) is 71.1 Å². The number of nitrogens with one attached hydrogen (secondary N) is 1. The van der Waals surface area contributed by atoms with Crippen molar-refractivity contribution in [2.24, 2.45) is 11.8 Å². The number of nitrogens with zero attached hydrogens (tertiary/aromatic N) is 1. The molecule has 3 saturated heterocycles. The van der Waals surface area contributed by atoms with Gasteiger partial charge in [-0.25, -0.2) is 4.79 Å². The van der Waals surface area contributed by atoms with Crippen LogP contribution >= 0.6 is 0 Å². The second kappa shape index (κ2) is 5.79. The van der Waals surface area contributed by atoms with Crippen LogP contribution in [0.1, 0.15) is 59.3 Å². The Balaban J connectivity index is 1.59. The molecule has 0 aromatic rings. The first-order valence-electron chi connectivity index (χ1n) is 8.66. The van der Waals surface area contributed by atoms with Gasteiger partial charge in [0.1, 0.15) is 5.60 Å². The lowest BCUT2D eigenvalue weighted by molar-refractivity contribution is 0.0100. The van der Waals surface area contributed by atoms with E-state index in [1.165, 1.54) is 32.1 Å². The van der Waals surface area contributed by atoms with Gasteiger partial charge < -0.3 is 15.0 Å². The summed E-state index contributed by atoms with van der Waals surface area (Å²) in [4.78, 5) is 14.2. The third-order valence-corrected chi connectivity index (χ3v) is 5.36. The Morgan fingerprint density at radius 3 is 2.67 bits per heavy atom. The summed E-state index contributed by atoms with van der Waals surface area (Å²) in [5.41, 5.74) is -0.394. The van der Waals surface area contributed by atoms with E-state index in [2.05, 4.69) is 5.32 Å². The first-order valence-corrected chi connectivity index (χ1v) is 8.66. The molecular weight excluding hydrogens is 264 g/mol. The van der Waals surface area contributed by atoms with Crippen molar-refractivity contribution in [2.75, 3.05) is 13.1 Å². The van der Waals surface area contributed by atoms with Crippen molar-refractivity contribution in [3.63, 3.8) is 0 Å². The predicted octanol–water partition coefficient (Wildman–Crippen LogP) is 3.16. The van der Waals surface area contributed by atoms with E-state index in [4.69, 9.17) is 4.74 Å². The number of amides is 1. The summed E-state index contributed by atoms with van der Waals surface area (Å²) in [6.45, 7) is 7.57. The van der Waals surface area contributed by atoms with E-state index < -0.39 is 5.60 Å². The zero-order valence-corrected chi connectivity index (χ0v) is 13.7. The van der Waals surface area contributed by atoms with E-state index in [-0.39, 0.29) is 6.09 Å². The smallest absolute Gasteiger partial charge is 0.410 e. The Morgan fingerprint density at radius 2 is 1.90 bits per heavy atom. The van der Waals surface area contributed by atoms with Gasteiger partial charge >= 0.3 is 6.09 Å². The fourth-order valence-corrected chi connectivity index (χ4v) is 4.43. The van der Waals surface area contributed by atoms with E-state index in [1.54, 1.807) is 0 Å². The van der Waals surface area contributed by atoms with Crippen molar-refractivity contribution in [2.45, 2.75) is 77.0 Å². The standard InChI is InChI=1S/C17H30N2O2/c1-17(2,3)21-16(20)19-10-4-5-12(11-19)14-8-6-13-7-9-15(14)18-13/h12-15,18H,4-11H2,1-3H3. The second-order valence-corrected chi connectivity index (χ2v) is 8.12. The summed E-state index contributed by atoms with van der Waals surface area (Å²) in [5.74, 6) is 1.41. The van der Waals surface area contributed by atoms with Gasteiger partial charge in [-0.3, -0.25) is 0 Å². The summed E-state index contributed by atoms with van der Waals surface area (Å²) >= 11 is 0. The fraction of sp³-hybridized carbons (Fsp3) is 0.941. The number of hydrogen-bond acceptors (Lipinski definition) is 3. The molecule has 4 nitrogen and oxygen atoms in total. The van der Waals surface area contributed by atoms with Crippen LogP contribution in [0.25, 0.3) is 0 Å². The molecule has 0 aliphatic carbocycles. The average Bonchev–Trinajstić information content (AvgIpc) is 2.79. The molecule has 21 heavy (non-hydrogen) atoms. The minimum absolute atomic E-state index is 0.125. The quantitative estimate of drug-likeness (QED) is 0.807. The number of piperidine rings is 2. The molecule has 4 atom stereocenters. The summed E-state index contributed by atoms with van der Waals surface area (Å²) < 4.78 is 5.55. The Morgan fingerprint density at radius 1 is 1.14 bits per heavy atom. The van der Waals surface area contributed by atoms with Crippen LogP contribution in [-0.4, -0.2) is 41.8 Å². The van der Waals surface area contributed by atoms with Gasteiger partial charge in [0, 0.05) is 25.2 Å². The molecule has 3 aliphatic rings. The lowest BCUT2D eigenvalue weighted by Gasteiger charge is -2.41. The van der Waals surface area contributed by atoms with Gasteiger partial charge in [0.25, 0.3) is 0 Å². The normalized spacial score (nSPS) is 36.6. The zero-order chi connectivity index (χ0) is 15.0. The summed E-state index contributed by atoms with van der Waals surface area (Å²) in [6, 6.07) is 1.48. The number of likely N-dealkylation sites (tertiary alicyclic amines) is 1. The first-order chi connectivity index (χ1) is 9.92. The number of carbonyl (C=O) groups is 1. The largest absolute Gasteiger partial charge is 0.444 e. The Bertz CT molecular complexity index is 391. The molecule has 0 radical (unpaired) electrons. The summed E-state index contributed by atoms with van der Waals surface area (Å²) in [6.07, 6.45) is 7.62. The lowest BCUT2D eigenvalue weighted by atomic mass is 9.77. The molecular formula is C17H30N2O2. The minimum Gasteiger partial charge on any atom is -0.444 e. The van der Waals surface area contributed by atoms with Gasteiger partial charge in [0.2, 0.25) is 0 Å². The van der Waals surface area contributed by atoms with Crippen LogP contribution in [0.3, 0.4) is 0 Å². The highest BCUT2D eigenvalue weighted by Gasteiger charge is 2.41. The monoisotopic (exact) mass is 294 g/mol. The molecule has 3 aliphatic heterocycles. The Labute approximate surface area is 128 Å². The van der Waals surface area contributed by atoms with Crippen molar-refractivity contribution in [1.82, 2.24) is 10.2 Å². The number of hydrogen-bond donors (Lipinski definition) is 1. The molecule has 0 aromatic carbocycles. The molecule has 0 aromatic heterocycles. The Hall–Kier alpha value is -0.770. The maximum absolute atomic E-state index is 12.3. The van der Waals surface area contributed by atoms with Crippen molar-refractivity contribution in [3.8, 4) is 0 Å². The number of carbonyl (C=O) groups excluding carboxylic acids is 1. The predicted molar refractivity (Wildman–Crippen MR) is 83.2 cm³/mol. The van der Waals surface area contributed by atoms with Crippen LogP contribution < -0.4 is 5.32 Å². The van der Waals surface area contributed by atoms with Crippen molar-refractivity contribution < 1.29 is 9.53 Å². The van der Waals surface area contributed by atoms with Gasteiger partial charge in [-0.15, -0.1) is 0 Å². The number of ether oxygens (including phenoxy) is 1. The molecule has 120 valence electrons. The van der Waals surface area contributed by atoms with Crippen LogP contribution in [0.2, 0.25) is 0 Å². The minimum atomic E-state index is -0.394. The second-order valence-electron chi connectivity index (χ2n) is 8.12. The molecule has 1 N–H and O–H groups in total. The van der Waals surface area contributed by atoms with Crippen LogP contribution in [0, 0.1) is 11.8 Å². The van der Waals surface area contributed by atoms with Gasteiger partial charge in [-0.2, -0.15) is 0 Å². The lowest BCUT2D eigenvalue weighted by Crippen LogP contribution is -2.49. The van der Waals surface area contributed by atoms with Gasteiger partial charge in [0.05, 0.1) is 0 Å². The third-order valence-electron chi connectivity index (χ3n) is 5.36. The van der Waals surface area contributed by atoms with E-state index >= 15 is 0 Å². The van der Waals surface area contributed by atoms with Gasteiger partial charge in [-0.1, -0.05) is 0 Å². The zero-order valence-electron chi connectivity index (χ0n) is 13.7.